The van der Waals surface area contributed by atoms with Gasteiger partial charge in [-0.2, -0.15) is 0 Å². The van der Waals surface area contributed by atoms with Crippen LogP contribution < -0.4 is 5.32 Å². The average molecular weight is 307 g/mol. The van der Waals surface area contributed by atoms with Crippen LogP contribution in [0.5, 0.6) is 0 Å². The van der Waals surface area contributed by atoms with Crippen LogP contribution in [0.1, 0.15) is 18.6 Å². The standard InChI is InChI=1S/C14H15BrN2O/c15-13-6-2-1-5-11(13)12-9-17-18-14(12)8-10-4-3-7-16-10/h1-2,5-6,9-10,16H,3-4,7-8H2. The number of aromatic nitrogens is 1. The lowest BCUT2D eigenvalue weighted by Gasteiger charge is -2.09. The van der Waals surface area contributed by atoms with E-state index in [0.29, 0.717) is 6.04 Å². The van der Waals surface area contributed by atoms with Gasteiger partial charge in [0.15, 0.2) is 0 Å². The number of rotatable bonds is 3. The summed E-state index contributed by atoms with van der Waals surface area (Å²) in [5.74, 6) is 0.973. The largest absolute Gasteiger partial charge is 0.361 e. The van der Waals surface area contributed by atoms with Gasteiger partial charge in [0.2, 0.25) is 0 Å². The molecule has 0 amide bonds. The number of halogens is 1. The van der Waals surface area contributed by atoms with Crippen molar-refractivity contribution in [2.24, 2.45) is 0 Å². The van der Waals surface area contributed by atoms with E-state index in [1.54, 1.807) is 0 Å². The first kappa shape index (κ1) is 11.9. The molecule has 0 radical (unpaired) electrons. The monoisotopic (exact) mass is 306 g/mol. The maximum Gasteiger partial charge on any atom is 0.146 e. The Bertz CT molecular complexity index is 532. The van der Waals surface area contributed by atoms with Crippen LogP contribution in [0.3, 0.4) is 0 Å². The third-order valence-electron chi connectivity index (χ3n) is 3.40. The predicted octanol–water partition coefficient (Wildman–Crippen LogP) is 3.40. The molecule has 1 atom stereocenters. The van der Waals surface area contributed by atoms with E-state index >= 15 is 0 Å². The summed E-state index contributed by atoms with van der Waals surface area (Å²) < 4.78 is 6.50. The van der Waals surface area contributed by atoms with Crippen molar-refractivity contribution in [2.45, 2.75) is 25.3 Å². The number of nitrogens with zero attached hydrogens (tertiary/aromatic N) is 1. The Morgan fingerprint density at radius 3 is 3.00 bits per heavy atom. The minimum atomic E-state index is 0.527. The van der Waals surface area contributed by atoms with Crippen molar-refractivity contribution in [3.8, 4) is 11.1 Å². The van der Waals surface area contributed by atoms with Gasteiger partial charge in [-0.1, -0.05) is 39.3 Å². The quantitative estimate of drug-likeness (QED) is 0.944. The van der Waals surface area contributed by atoms with E-state index in [9.17, 15) is 0 Å². The molecule has 1 aromatic heterocycles. The fourth-order valence-electron chi connectivity index (χ4n) is 2.47. The van der Waals surface area contributed by atoms with Gasteiger partial charge >= 0.3 is 0 Å². The average Bonchev–Trinajstić information content (AvgIpc) is 3.02. The lowest BCUT2D eigenvalue weighted by Crippen LogP contribution is -2.23. The minimum Gasteiger partial charge on any atom is -0.361 e. The molecule has 18 heavy (non-hydrogen) atoms. The van der Waals surface area contributed by atoms with E-state index in [0.717, 1.165) is 34.3 Å². The summed E-state index contributed by atoms with van der Waals surface area (Å²) in [6, 6.07) is 8.70. The summed E-state index contributed by atoms with van der Waals surface area (Å²) in [5, 5.41) is 7.45. The first-order valence-corrected chi connectivity index (χ1v) is 7.06. The molecular formula is C14H15BrN2O. The van der Waals surface area contributed by atoms with Gasteiger partial charge in [0.25, 0.3) is 0 Å². The molecule has 94 valence electrons. The Hall–Kier alpha value is -1.13. The lowest BCUT2D eigenvalue weighted by atomic mass is 10.0. The molecule has 3 nitrogen and oxygen atoms in total. The number of benzene rings is 1. The molecule has 0 spiro atoms. The molecule has 1 aliphatic rings. The van der Waals surface area contributed by atoms with Crippen LogP contribution in [0.2, 0.25) is 0 Å². The summed E-state index contributed by atoms with van der Waals surface area (Å²) in [6.07, 6.45) is 5.19. The van der Waals surface area contributed by atoms with Crippen LogP contribution in [-0.4, -0.2) is 17.7 Å². The smallest absolute Gasteiger partial charge is 0.146 e. The zero-order valence-electron chi connectivity index (χ0n) is 10.0. The van der Waals surface area contributed by atoms with Gasteiger partial charge in [-0.15, -0.1) is 0 Å². The Morgan fingerprint density at radius 2 is 2.22 bits per heavy atom. The minimum absolute atomic E-state index is 0.527. The molecule has 1 saturated heterocycles. The van der Waals surface area contributed by atoms with E-state index < -0.39 is 0 Å². The first-order valence-electron chi connectivity index (χ1n) is 6.26. The molecular weight excluding hydrogens is 292 g/mol. The molecule has 1 fully saturated rings. The lowest BCUT2D eigenvalue weighted by molar-refractivity contribution is 0.370. The molecule has 3 rings (SSSR count). The van der Waals surface area contributed by atoms with Gasteiger partial charge in [0, 0.05) is 28.1 Å². The maximum atomic E-state index is 5.43. The second-order valence-corrected chi connectivity index (χ2v) is 5.49. The van der Waals surface area contributed by atoms with Crippen molar-refractivity contribution in [1.82, 2.24) is 10.5 Å². The van der Waals surface area contributed by atoms with Gasteiger partial charge in [0.05, 0.1) is 6.20 Å². The SMILES string of the molecule is Brc1ccccc1-c1cnoc1CC1CCCN1. The summed E-state index contributed by atoms with van der Waals surface area (Å²) >= 11 is 3.58. The van der Waals surface area contributed by atoms with Crippen LogP contribution in [-0.2, 0) is 6.42 Å². The highest BCUT2D eigenvalue weighted by Crippen LogP contribution is 2.31. The third kappa shape index (κ3) is 2.35. The van der Waals surface area contributed by atoms with Crippen LogP contribution in [0, 0.1) is 0 Å². The highest BCUT2D eigenvalue weighted by molar-refractivity contribution is 9.10. The molecule has 2 aromatic rings. The Kier molecular flexibility index (Phi) is 3.48. The fourth-order valence-corrected chi connectivity index (χ4v) is 2.96. The topological polar surface area (TPSA) is 38.1 Å². The van der Waals surface area contributed by atoms with Gasteiger partial charge in [-0.25, -0.2) is 0 Å². The number of nitrogens with one attached hydrogen (secondary N) is 1. The van der Waals surface area contributed by atoms with Crippen LogP contribution in [0.25, 0.3) is 11.1 Å². The van der Waals surface area contributed by atoms with Crippen molar-refractivity contribution in [3.63, 3.8) is 0 Å². The first-order chi connectivity index (χ1) is 8.84. The summed E-state index contributed by atoms with van der Waals surface area (Å²) in [4.78, 5) is 0. The second-order valence-electron chi connectivity index (χ2n) is 4.64. The highest BCUT2D eigenvalue weighted by atomic mass is 79.9. The maximum absolute atomic E-state index is 5.43. The third-order valence-corrected chi connectivity index (χ3v) is 4.09. The fraction of sp³-hybridized carbons (Fsp3) is 0.357. The van der Waals surface area contributed by atoms with Gasteiger partial charge < -0.3 is 9.84 Å². The van der Waals surface area contributed by atoms with Crippen molar-refractivity contribution >= 4 is 15.9 Å². The molecule has 4 heteroatoms. The molecule has 0 saturated carbocycles. The molecule has 1 unspecified atom stereocenters. The zero-order valence-corrected chi connectivity index (χ0v) is 11.6. The van der Waals surface area contributed by atoms with E-state index in [4.69, 9.17) is 4.52 Å². The molecule has 1 N–H and O–H groups in total. The Morgan fingerprint density at radius 1 is 1.33 bits per heavy atom. The van der Waals surface area contributed by atoms with Gasteiger partial charge in [-0.05, 0) is 25.5 Å². The number of hydrogen-bond acceptors (Lipinski definition) is 3. The van der Waals surface area contributed by atoms with Crippen LogP contribution in [0.15, 0.2) is 39.5 Å². The normalized spacial score (nSPS) is 19.3. The molecule has 0 aliphatic carbocycles. The molecule has 0 bridgehead atoms. The summed E-state index contributed by atoms with van der Waals surface area (Å²) in [7, 11) is 0. The van der Waals surface area contributed by atoms with Crippen molar-refractivity contribution in [2.75, 3.05) is 6.54 Å². The van der Waals surface area contributed by atoms with Crippen molar-refractivity contribution in [3.05, 3.63) is 40.7 Å². The van der Waals surface area contributed by atoms with Crippen molar-refractivity contribution in [1.29, 1.82) is 0 Å². The van der Waals surface area contributed by atoms with Gasteiger partial charge in [-0.3, -0.25) is 0 Å². The van der Waals surface area contributed by atoms with Crippen LogP contribution in [0.4, 0.5) is 0 Å². The molecule has 2 heterocycles. The zero-order chi connectivity index (χ0) is 12.4. The molecule has 1 aliphatic heterocycles. The summed E-state index contributed by atoms with van der Waals surface area (Å²) in [6.45, 7) is 1.11. The van der Waals surface area contributed by atoms with E-state index in [-0.39, 0.29) is 0 Å². The van der Waals surface area contributed by atoms with Crippen LogP contribution >= 0.6 is 15.9 Å². The van der Waals surface area contributed by atoms with Gasteiger partial charge in [0.1, 0.15) is 5.76 Å². The number of hydrogen-bond donors (Lipinski definition) is 1. The second kappa shape index (κ2) is 5.24. The molecule has 1 aromatic carbocycles. The van der Waals surface area contributed by atoms with E-state index in [2.05, 4.69) is 32.5 Å². The Labute approximate surface area is 115 Å². The summed E-state index contributed by atoms with van der Waals surface area (Å²) in [5.41, 5.74) is 2.24. The van der Waals surface area contributed by atoms with E-state index in [1.165, 1.54) is 12.8 Å². The Balaban J connectivity index is 1.89. The van der Waals surface area contributed by atoms with E-state index in [1.807, 2.05) is 24.4 Å². The highest BCUT2D eigenvalue weighted by Gasteiger charge is 2.20. The predicted molar refractivity (Wildman–Crippen MR) is 74.4 cm³/mol. The van der Waals surface area contributed by atoms with Crippen molar-refractivity contribution < 1.29 is 4.52 Å².